The molecule has 2 rings (SSSR count). The zero-order valence-electron chi connectivity index (χ0n) is 11.1. The van der Waals surface area contributed by atoms with Crippen molar-refractivity contribution in [2.75, 3.05) is 19.7 Å². The normalized spacial score (nSPS) is 18.6. The first-order valence-corrected chi connectivity index (χ1v) is 6.84. The number of ether oxygens (including phenoxy) is 1. The number of hydrogen-bond acceptors (Lipinski definition) is 3. The van der Waals surface area contributed by atoms with Gasteiger partial charge >= 0.3 is 0 Å². The topological polar surface area (TPSA) is 41.5 Å². The van der Waals surface area contributed by atoms with Crippen molar-refractivity contribution < 1.29 is 9.84 Å². The Morgan fingerprint density at radius 2 is 1.94 bits per heavy atom. The fourth-order valence-electron chi connectivity index (χ4n) is 2.40. The van der Waals surface area contributed by atoms with E-state index in [0.29, 0.717) is 12.5 Å². The molecule has 1 aliphatic rings. The van der Waals surface area contributed by atoms with Crippen LogP contribution < -0.4 is 10.1 Å². The molecule has 1 saturated heterocycles. The van der Waals surface area contributed by atoms with E-state index < -0.39 is 0 Å². The van der Waals surface area contributed by atoms with Crippen LogP contribution in [-0.2, 0) is 0 Å². The number of rotatable bonds is 5. The molecule has 100 valence electrons. The second-order valence-corrected chi connectivity index (χ2v) is 5.10. The van der Waals surface area contributed by atoms with Crippen molar-refractivity contribution in [1.29, 1.82) is 0 Å². The minimum Gasteiger partial charge on any atom is -0.493 e. The fraction of sp³-hybridized carbons (Fsp3) is 0.600. The highest BCUT2D eigenvalue weighted by molar-refractivity contribution is 5.26. The first-order chi connectivity index (χ1) is 8.75. The molecule has 0 saturated carbocycles. The molecule has 0 amide bonds. The van der Waals surface area contributed by atoms with Crippen molar-refractivity contribution in [3.8, 4) is 5.75 Å². The van der Waals surface area contributed by atoms with Crippen LogP contribution in [0.4, 0.5) is 0 Å². The molecule has 2 N–H and O–H groups in total. The molecule has 3 heteroatoms. The monoisotopic (exact) mass is 249 g/mol. The Labute approximate surface area is 109 Å². The Balaban J connectivity index is 1.69. The van der Waals surface area contributed by atoms with Gasteiger partial charge in [-0.2, -0.15) is 0 Å². The highest BCUT2D eigenvalue weighted by Gasteiger charge is 2.21. The van der Waals surface area contributed by atoms with Crippen LogP contribution in [0.5, 0.6) is 5.75 Å². The number of benzene rings is 1. The van der Waals surface area contributed by atoms with Crippen molar-refractivity contribution in [3.63, 3.8) is 0 Å². The van der Waals surface area contributed by atoms with Gasteiger partial charge in [-0.3, -0.25) is 0 Å². The zero-order chi connectivity index (χ0) is 12.8. The Morgan fingerprint density at radius 1 is 1.28 bits per heavy atom. The Hall–Kier alpha value is -1.06. The summed E-state index contributed by atoms with van der Waals surface area (Å²) in [7, 11) is 0. The predicted octanol–water partition coefficient (Wildman–Crippen LogP) is 2.12. The fourth-order valence-corrected chi connectivity index (χ4v) is 2.40. The second-order valence-electron chi connectivity index (χ2n) is 5.10. The average molecular weight is 249 g/mol. The summed E-state index contributed by atoms with van der Waals surface area (Å²) >= 11 is 0. The maximum atomic E-state index is 10.1. The SMILES string of the molecule is Cc1ccc(OCCC(O)C2CCNCC2)cc1. The summed E-state index contributed by atoms with van der Waals surface area (Å²) < 4.78 is 5.65. The largest absolute Gasteiger partial charge is 0.493 e. The smallest absolute Gasteiger partial charge is 0.119 e. The maximum Gasteiger partial charge on any atom is 0.119 e. The quantitative estimate of drug-likeness (QED) is 0.840. The highest BCUT2D eigenvalue weighted by Crippen LogP contribution is 2.19. The molecule has 1 aromatic rings. The second kappa shape index (κ2) is 6.76. The molecule has 0 aromatic heterocycles. The van der Waals surface area contributed by atoms with E-state index in [2.05, 4.69) is 12.2 Å². The molecule has 1 heterocycles. The van der Waals surface area contributed by atoms with E-state index in [0.717, 1.165) is 38.1 Å². The van der Waals surface area contributed by atoms with Crippen molar-refractivity contribution in [2.24, 2.45) is 5.92 Å². The van der Waals surface area contributed by atoms with Crippen molar-refractivity contribution in [2.45, 2.75) is 32.3 Å². The molecule has 1 atom stereocenters. The van der Waals surface area contributed by atoms with Crippen LogP contribution in [0.2, 0.25) is 0 Å². The molecule has 0 radical (unpaired) electrons. The summed E-state index contributed by atoms with van der Waals surface area (Å²) in [6, 6.07) is 8.04. The molecule has 1 unspecified atom stereocenters. The van der Waals surface area contributed by atoms with Crippen LogP contribution in [0.15, 0.2) is 24.3 Å². The molecule has 0 aliphatic carbocycles. The third-order valence-corrected chi connectivity index (χ3v) is 3.63. The molecule has 0 bridgehead atoms. The van der Waals surface area contributed by atoms with E-state index in [-0.39, 0.29) is 6.10 Å². The zero-order valence-corrected chi connectivity index (χ0v) is 11.1. The van der Waals surface area contributed by atoms with E-state index >= 15 is 0 Å². The molecule has 18 heavy (non-hydrogen) atoms. The van der Waals surface area contributed by atoms with Gasteiger partial charge in [-0.15, -0.1) is 0 Å². The van der Waals surface area contributed by atoms with Gasteiger partial charge < -0.3 is 15.2 Å². The van der Waals surface area contributed by atoms with Gasteiger partial charge in [-0.1, -0.05) is 17.7 Å². The maximum absolute atomic E-state index is 10.1. The van der Waals surface area contributed by atoms with Crippen molar-refractivity contribution in [3.05, 3.63) is 29.8 Å². The van der Waals surface area contributed by atoms with Crippen LogP contribution in [0.3, 0.4) is 0 Å². The number of piperidine rings is 1. The third kappa shape index (κ3) is 4.00. The number of aliphatic hydroxyl groups excluding tert-OH is 1. The summed E-state index contributed by atoms with van der Waals surface area (Å²) in [4.78, 5) is 0. The van der Waals surface area contributed by atoms with Gasteiger partial charge in [0.25, 0.3) is 0 Å². The lowest BCUT2D eigenvalue weighted by molar-refractivity contribution is 0.0674. The Bertz CT molecular complexity index is 344. The summed E-state index contributed by atoms with van der Waals surface area (Å²) in [6.07, 6.45) is 2.65. The minimum absolute atomic E-state index is 0.224. The van der Waals surface area contributed by atoms with Gasteiger partial charge in [0.1, 0.15) is 5.75 Å². The molecule has 1 fully saturated rings. The molecular formula is C15H23NO2. The van der Waals surface area contributed by atoms with Crippen molar-refractivity contribution in [1.82, 2.24) is 5.32 Å². The molecular weight excluding hydrogens is 226 g/mol. The molecule has 3 nitrogen and oxygen atoms in total. The standard InChI is InChI=1S/C15H23NO2/c1-12-2-4-14(5-3-12)18-11-8-15(17)13-6-9-16-10-7-13/h2-5,13,15-17H,6-11H2,1H3. The van der Waals surface area contributed by atoms with E-state index in [4.69, 9.17) is 4.74 Å². The molecule has 1 aliphatic heterocycles. The number of aliphatic hydroxyl groups is 1. The van der Waals surface area contributed by atoms with Gasteiger partial charge in [-0.25, -0.2) is 0 Å². The first kappa shape index (κ1) is 13.4. The molecule has 0 spiro atoms. The van der Waals surface area contributed by atoms with Crippen LogP contribution in [0.1, 0.15) is 24.8 Å². The van der Waals surface area contributed by atoms with E-state index in [9.17, 15) is 5.11 Å². The van der Waals surface area contributed by atoms with Gasteiger partial charge in [0.2, 0.25) is 0 Å². The van der Waals surface area contributed by atoms with E-state index in [1.165, 1.54) is 5.56 Å². The summed E-state index contributed by atoms with van der Waals surface area (Å²) in [6.45, 7) is 4.71. The number of hydrogen-bond donors (Lipinski definition) is 2. The summed E-state index contributed by atoms with van der Waals surface area (Å²) in [5.41, 5.74) is 1.23. The Morgan fingerprint density at radius 3 is 2.61 bits per heavy atom. The number of nitrogens with one attached hydrogen (secondary N) is 1. The van der Waals surface area contributed by atoms with Gasteiger partial charge in [0.05, 0.1) is 12.7 Å². The van der Waals surface area contributed by atoms with Gasteiger partial charge in [0, 0.05) is 6.42 Å². The summed E-state index contributed by atoms with van der Waals surface area (Å²) in [5, 5.41) is 13.4. The average Bonchev–Trinajstić information content (AvgIpc) is 2.42. The minimum atomic E-state index is -0.224. The highest BCUT2D eigenvalue weighted by atomic mass is 16.5. The van der Waals surface area contributed by atoms with Crippen LogP contribution in [0.25, 0.3) is 0 Å². The van der Waals surface area contributed by atoms with Crippen molar-refractivity contribution >= 4 is 0 Å². The van der Waals surface area contributed by atoms with E-state index in [1.807, 2.05) is 24.3 Å². The van der Waals surface area contributed by atoms with Crippen LogP contribution >= 0.6 is 0 Å². The lowest BCUT2D eigenvalue weighted by Crippen LogP contribution is -2.34. The van der Waals surface area contributed by atoms with Gasteiger partial charge in [0.15, 0.2) is 0 Å². The lowest BCUT2D eigenvalue weighted by Gasteiger charge is -2.27. The van der Waals surface area contributed by atoms with Crippen LogP contribution in [-0.4, -0.2) is 30.9 Å². The molecule has 1 aromatic carbocycles. The Kier molecular flexibility index (Phi) is 5.02. The first-order valence-electron chi connectivity index (χ1n) is 6.84. The third-order valence-electron chi connectivity index (χ3n) is 3.63. The number of aryl methyl sites for hydroxylation is 1. The van der Waals surface area contributed by atoms with Crippen LogP contribution in [0, 0.1) is 12.8 Å². The summed E-state index contributed by atoms with van der Waals surface area (Å²) in [5.74, 6) is 1.32. The lowest BCUT2D eigenvalue weighted by atomic mass is 9.91. The predicted molar refractivity (Wildman–Crippen MR) is 72.9 cm³/mol. The van der Waals surface area contributed by atoms with Gasteiger partial charge in [-0.05, 0) is 50.9 Å². The van der Waals surface area contributed by atoms with E-state index in [1.54, 1.807) is 0 Å².